The molecule has 0 aliphatic carbocycles. The fraction of sp³-hybridized carbons (Fsp3) is 0.833. The Bertz CT molecular complexity index is 75.5. The van der Waals surface area contributed by atoms with Crippen LogP contribution >= 0.6 is 0 Å². The van der Waals surface area contributed by atoms with Gasteiger partial charge in [-0.15, -0.1) is 6.54 Å². The van der Waals surface area contributed by atoms with Crippen LogP contribution in [-0.4, -0.2) is 12.5 Å². The van der Waals surface area contributed by atoms with Crippen LogP contribution in [0.2, 0.25) is 0 Å². The number of carbonyl (C=O) groups is 1. The molecule has 0 aromatic carbocycles. The third kappa shape index (κ3) is 11.9. The second-order valence-corrected chi connectivity index (χ2v) is 1.75. The topological polar surface area (TPSA) is 31.2 Å². The van der Waals surface area contributed by atoms with E-state index in [2.05, 4.69) is 12.2 Å². The van der Waals surface area contributed by atoms with Crippen LogP contribution in [0.3, 0.4) is 0 Å². The van der Waals surface area contributed by atoms with E-state index in [-0.39, 0.29) is 38.6 Å². The van der Waals surface area contributed by atoms with Gasteiger partial charge in [-0.3, -0.25) is 0 Å². The van der Waals surface area contributed by atoms with Gasteiger partial charge in [-0.25, -0.2) is 0 Å². The predicted octanol–water partition coefficient (Wildman–Crippen LogP) is 1.70. The number of rotatable bonds is 3. The molecule has 0 aromatic heterocycles. The Morgan fingerprint density at radius 2 is 2.11 bits per heavy atom. The number of amides is 1. The average Bonchev–Trinajstić information content (AvgIpc) is 1.66. The van der Waals surface area contributed by atoms with Gasteiger partial charge in [0.2, 0.25) is 0 Å². The fourth-order valence-electron chi connectivity index (χ4n) is 0.395. The van der Waals surface area contributed by atoms with Crippen molar-refractivity contribution in [2.45, 2.75) is 26.7 Å². The van der Waals surface area contributed by atoms with Crippen LogP contribution in [0.15, 0.2) is 0 Å². The van der Waals surface area contributed by atoms with Crippen LogP contribution in [0.4, 0.5) is 0 Å². The van der Waals surface area contributed by atoms with Crippen molar-refractivity contribution in [2.24, 2.45) is 0 Å². The maximum atomic E-state index is 10.2. The maximum Gasteiger partial charge on any atom is 0.0479 e. The zero-order valence-electron chi connectivity index (χ0n) is 6.05. The van der Waals surface area contributed by atoms with Gasteiger partial charge in [0.05, 0.1) is 0 Å². The molecular formula is C6H12NOY-. The molecule has 0 N–H and O–H groups in total. The van der Waals surface area contributed by atoms with Crippen LogP contribution in [0.5, 0.6) is 0 Å². The summed E-state index contributed by atoms with van der Waals surface area (Å²) in [5.41, 5.74) is 0. The fourth-order valence-corrected chi connectivity index (χ4v) is 0.395. The summed E-state index contributed by atoms with van der Waals surface area (Å²) in [6.07, 6.45) is 2.14. The number of carbonyl (C=O) groups excluding carboxylic acids is 1. The smallest absolute Gasteiger partial charge is 0.0479 e. The van der Waals surface area contributed by atoms with Gasteiger partial charge in [0.25, 0.3) is 0 Å². The number of nitrogens with zero attached hydrogens (tertiary/aromatic N) is 1. The summed E-state index contributed by atoms with van der Waals surface area (Å²) in [5, 5.41) is 3.68. The minimum absolute atomic E-state index is 0. The molecule has 3 heteroatoms. The first-order chi connectivity index (χ1) is 3.77. The zero-order chi connectivity index (χ0) is 6.41. The monoisotopic (exact) mass is 203 g/mol. The van der Waals surface area contributed by atoms with Crippen LogP contribution in [0.1, 0.15) is 26.7 Å². The van der Waals surface area contributed by atoms with Gasteiger partial charge in [-0.05, 0) is 6.92 Å². The molecule has 0 saturated carbocycles. The Morgan fingerprint density at radius 3 is 2.44 bits per heavy atom. The molecule has 0 saturated heterocycles. The van der Waals surface area contributed by atoms with Crippen molar-refractivity contribution in [3.05, 3.63) is 5.32 Å². The largest absolute Gasteiger partial charge is 0.654 e. The van der Waals surface area contributed by atoms with E-state index in [0.717, 1.165) is 12.8 Å². The van der Waals surface area contributed by atoms with Crippen LogP contribution in [-0.2, 0) is 37.5 Å². The third-order valence-electron chi connectivity index (χ3n) is 0.846. The molecule has 0 aliphatic heterocycles. The molecule has 0 heterocycles. The Hall–Kier alpha value is 0.574. The normalized spacial score (nSPS) is 7.78. The van der Waals surface area contributed by atoms with Crippen molar-refractivity contribution in [2.75, 3.05) is 6.54 Å². The van der Waals surface area contributed by atoms with E-state index in [1.807, 2.05) is 0 Å². The Morgan fingerprint density at radius 1 is 1.56 bits per heavy atom. The third-order valence-corrected chi connectivity index (χ3v) is 0.846. The Labute approximate surface area is 81.7 Å². The molecule has 1 radical (unpaired) electrons. The maximum absolute atomic E-state index is 10.2. The molecule has 0 unspecified atom stereocenters. The number of unbranched alkanes of at least 4 members (excludes halogenated alkanes) is 1. The van der Waals surface area contributed by atoms with Gasteiger partial charge in [-0.2, -0.15) is 0 Å². The molecule has 0 aromatic rings. The van der Waals surface area contributed by atoms with E-state index >= 15 is 0 Å². The van der Waals surface area contributed by atoms with Gasteiger partial charge in [-0.1, -0.05) is 19.8 Å². The molecule has 0 aliphatic rings. The minimum Gasteiger partial charge on any atom is -0.654 e. The minimum atomic E-state index is -0.0570. The van der Waals surface area contributed by atoms with Gasteiger partial charge < -0.3 is 10.1 Å². The summed E-state index contributed by atoms with van der Waals surface area (Å²) in [6.45, 7) is 4.26. The predicted molar refractivity (Wildman–Crippen MR) is 33.8 cm³/mol. The van der Waals surface area contributed by atoms with E-state index in [0.29, 0.717) is 6.54 Å². The van der Waals surface area contributed by atoms with Gasteiger partial charge in [0, 0.05) is 38.6 Å². The molecular weight excluding hydrogens is 191 g/mol. The molecule has 0 atom stereocenters. The summed E-state index contributed by atoms with van der Waals surface area (Å²) in [4.78, 5) is 10.2. The molecule has 0 spiro atoms. The molecule has 0 rings (SSSR count). The molecule has 1 amide bonds. The number of hydrogen-bond donors (Lipinski definition) is 0. The van der Waals surface area contributed by atoms with E-state index < -0.39 is 0 Å². The van der Waals surface area contributed by atoms with Crippen LogP contribution in [0, 0.1) is 0 Å². The Kier molecular flexibility index (Phi) is 11.7. The summed E-state index contributed by atoms with van der Waals surface area (Å²) in [6, 6.07) is 0. The molecule has 9 heavy (non-hydrogen) atoms. The van der Waals surface area contributed by atoms with Crippen molar-refractivity contribution in [1.29, 1.82) is 0 Å². The zero-order valence-corrected chi connectivity index (χ0v) is 8.89. The van der Waals surface area contributed by atoms with Gasteiger partial charge in [0.15, 0.2) is 0 Å². The Balaban J connectivity index is 0. The van der Waals surface area contributed by atoms with Gasteiger partial charge >= 0.3 is 0 Å². The van der Waals surface area contributed by atoms with Crippen LogP contribution in [0.25, 0.3) is 5.32 Å². The first-order valence-corrected chi connectivity index (χ1v) is 2.95. The molecule has 51 valence electrons. The van der Waals surface area contributed by atoms with E-state index in [9.17, 15) is 4.79 Å². The van der Waals surface area contributed by atoms with Crippen molar-refractivity contribution < 1.29 is 37.5 Å². The quantitative estimate of drug-likeness (QED) is 0.642. The number of hydrogen-bond acceptors (Lipinski definition) is 1. The van der Waals surface area contributed by atoms with E-state index in [1.54, 1.807) is 0 Å². The average molecular weight is 203 g/mol. The van der Waals surface area contributed by atoms with Crippen molar-refractivity contribution >= 4 is 5.91 Å². The van der Waals surface area contributed by atoms with Crippen molar-refractivity contribution in [3.63, 3.8) is 0 Å². The van der Waals surface area contributed by atoms with E-state index in [4.69, 9.17) is 0 Å². The standard InChI is InChI=1S/C6H13NO.Y/c1-3-4-5-7-6(2)8;/h3-5H2,1-2H3,(H,7,8);/p-1. The SMILES string of the molecule is CCCC[N-]C(C)=O.[Y]. The summed E-state index contributed by atoms with van der Waals surface area (Å²) in [5.74, 6) is -0.0570. The first kappa shape index (κ1) is 12.3. The second-order valence-electron chi connectivity index (χ2n) is 1.75. The molecule has 0 fully saturated rings. The first-order valence-electron chi connectivity index (χ1n) is 2.95. The van der Waals surface area contributed by atoms with Crippen molar-refractivity contribution in [1.82, 2.24) is 0 Å². The van der Waals surface area contributed by atoms with Crippen molar-refractivity contribution in [3.8, 4) is 0 Å². The van der Waals surface area contributed by atoms with Crippen LogP contribution < -0.4 is 0 Å². The van der Waals surface area contributed by atoms with Gasteiger partial charge in [0.1, 0.15) is 0 Å². The second kappa shape index (κ2) is 8.57. The molecule has 2 nitrogen and oxygen atoms in total. The van der Waals surface area contributed by atoms with E-state index in [1.165, 1.54) is 6.92 Å². The molecule has 0 bridgehead atoms. The summed E-state index contributed by atoms with van der Waals surface area (Å²) >= 11 is 0. The summed E-state index contributed by atoms with van der Waals surface area (Å²) in [7, 11) is 0. The summed E-state index contributed by atoms with van der Waals surface area (Å²) < 4.78 is 0.